The number of ketones is 1. The second-order valence-corrected chi connectivity index (χ2v) is 5.30. The molecule has 0 atom stereocenters. The third-order valence-electron chi connectivity index (χ3n) is 2.65. The number of carbonyl (C=O) groups is 1. The Morgan fingerprint density at radius 1 is 1.33 bits per heavy atom. The van der Waals surface area contributed by atoms with E-state index in [1.54, 1.807) is 13.2 Å². The number of methoxy groups -OCH3 is 1. The third-order valence-corrected chi connectivity index (χ3v) is 2.65. The maximum atomic E-state index is 11.5. The lowest BCUT2D eigenvalue weighted by atomic mass is 9.84. The van der Waals surface area contributed by atoms with Crippen LogP contribution >= 0.6 is 0 Å². The van der Waals surface area contributed by atoms with E-state index in [0.717, 1.165) is 5.56 Å². The molecule has 0 saturated carbocycles. The monoisotopic (exact) mass is 251 g/mol. The van der Waals surface area contributed by atoms with E-state index in [2.05, 4.69) is 0 Å². The van der Waals surface area contributed by atoms with Gasteiger partial charge in [0.1, 0.15) is 5.75 Å². The molecule has 0 amide bonds. The average molecular weight is 251 g/mol. The maximum Gasteiger partial charge on any atom is 0.188 e. The molecule has 18 heavy (non-hydrogen) atoms. The van der Waals surface area contributed by atoms with E-state index in [1.807, 2.05) is 26.8 Å². The molecule has 0 radical (unpaired) electrons. The van der Waals surface area contributed by atoms with Crippen LogP contribution in [-0.4, -0.2) is 19.7 Å². The molecule has 1 rings (SSSR count). The van der Waals surface area contributed by atoms with Crippen molar-refractivity contribution in [3.05, 3.63) is 23.3 Å². The fraction of sp³-hybridized carbons (Fsp3) is 0.500. The molecule has 0 spiro atoms. The molecule has 100 valence electrons. The summed E-state index contributed by atoms with van der Waals surface area (Å²) in [4.78, 5) is 11.5. The molecule has 0 unspecified atom stereocenters. The second kappa shape index (κ2) is 5.40. The van der Waals surface area contributed by atoms with Gasteiger partial charge in [0.2, 0.25) is 0 Å². The van der Waals surface area contributed by atoms with Crippen molar-refractivity contribution in [2.24, 2.45) is 0 Å². The zero-order valence-electron chi connectivity index (χ0n) is 11.7. The van der Waals surface area contributed by atoms with E-state index in [-0.39, 0.29) is 18.0 Å². The summed E-state index contributed by atoms with van der Waals surface area (Å²) in [6.45, 7) is 7.80. The number of benzene rings is 1. The van der Waals surface area contributed by atoms with Crippen molar-refractivity contribution in [3.63, 3.8) is 0 Å². The SMILES string of the molecule is COCOc1c(N)cc(C(C)=O)cc1C(C)(C)C. The van der Waals surface area contributed by atoms with Gasteiger partial charge in [0, 0.05) is 18.2 Å². The van der Waals surface area contributed by atoms with Gasteiger partial charge in [0.25, 0.3) is 0 Å². The minimum atomic E-state index is -0.164. The van der Waals surface area contributed by atoms with E-state index < -0.39 is 0 Å². The fourth-order valence-corrected chi connectivity index (χ4v) is 1.69. The van der Waals surface area contributed by atoms with Crippen LogP contribution < -0.4 is 10.5 Å². The standard InChI is InChI=1S/C14H21NO3/c1-9(16)10-6-11(14(2,3)4)13(12(15)7-10)18-8-17-5/h6-7H,8,15H2,1-5H3. The molecule has 0 saturated heterocycles. The Labute approximate surface area is 108 Å². The van der Waals surface area contributed by atoms with Gasteiger partial charge >= 0.3 is 0 Å². The molecule has 0 bridgehead atoms. The Bertz CT molecular complexity index is 447. The predicted octanol–water partition coefficient (Wildman–Crippen LogP) is 2.75. The normalized spacial score (nSPS) is 11.4. The van der Waals surface area contributed by atoms with Crippen molar-refractivity contribution >= 4 is 11.5 Å². The Hall–Kier alpha value is -1.55. The van der Waals surface area contributed by atoms with E-state index in [9.17, 15) is 4.79 Å². The molecule has 0 fully saturated rings. The largest absolute Gasteiger partial charge is 0.465 e. The Morgan fingerprint density at radius 2 is 1.94 bits per heavy atom. The van der Waals surface area contributed by atoms with Gasteiger partial charge in [0.05, 0.1) is 5.69 Å². The van der Waals surface area contributed by atoms with Gasteiger partial charge in [-0.2, -0.15) is 0 Å². The Kier molecular flexibility index (Phi) is 4.35. The minimum absolute atomic E-state index is 0.00880. The topological polar surface area (TPSA) is 61.6 Å². The highest BCUT2D eigenvalue weighted by Gasteiger charge is 2.22. The van der Waals surface area contributed by atoms with E-state index in [4.69, 9.17) is 15.2 Å². The van der Waals surface area contributed by atoms with Crippen LogP contribution in [0.3, 0.4) is 0 Å². The number of ether oxygens (including phenoxy) is 2. The highest BCUT2D eigenvalue weighted by atomic mass is 16.7. The van der Waals surface area contributed by atoms with Crippen LogP contribution in [0, 0.1) is 0 Å². The first kappa shape index (κ1) is 14.5. The van der Waals surface area contributed by atoms with Crippen LogP contribution in [-0.2, 0) is 10.2 Å². The second-order valence-electron chi connectivity index (χ2n) is 5.30. The van der Waals surface area contributed by atoms with Crippen molar-refractivity contribution in [1.29, 1.82) is 0 Å². The number of rotatable bonds is 4. The Balaban J connectivity index is 3.35. The zero-order chi connectivity index (χ0) is 13.9. The first-order chi connectivity index (χ1) is 8.27. The van der Waals surface area contributed by atoms with Crippen LogP contribution in [0.2, 0.25) is 0 Å². The molecule has 4 heteroatoms. The first-order valence-corrected chi connectivity index (χ1v) is 5.84. The summed E-state index contributed by atoms with van der Waals surface area (Å²) in [6, 6.07) is 3.48. The number of hydrogen-bond donors (Lipinski definition) is 1. The van der Waals surface area contributed by atoms with E-state index >= 15 is 0 Å². The summed E-state index contributed by atoms with van der Waals surface area (Å²) >= 11 is 0. The lowest BCUT2D eigenvalue weighted by molar-refractivity contribution is 0.0503. The number of carbonyl (C=O) groups excluding carboxylic acids is 1. The number of anilines is 1. The summed E-state index contributed by atoms with van der Waals surface area (Å²) in [5.41, 5.74) is 7.77. The molecule has 4 nitrogen and oxygen atoms in total. The van der Waals surface area contributed by atoms with Crippen molar-refractivity contribution in [1.82, 2.24) is 0 Å². The molecule has 2 N–H and O–H groups in total. The lowest BCUT2D eigenvalue weighted by Crippen LogP contribution is -2.16. The molecule has 0 heterocycles. The maximum absolute atomic E-state index is 11.5. The zero-order valence-corrected chi connectivity index (χ0v) is 11.7. The van der Waals surface area contributed by atoms with Crippen molar-refractivity contribution in [2.75, 3.05) is 19.6 Å². The highest BCUT2D eigenvalue weighted by Crippen LogP contribution is 2.37. The van der Waals surface area contributed by atoms with Crippen molar-refractivity contribution in [2.45, 2.75) is 33.1 Å². The third kappa shape index (κ3) is 3.23. The molecule has 0 aliphatic heterocycles. The average Bonchev–Trinajstić information content (AvgIpc) is 2.25. The van der Waals surface area contributed by atoms with Gasteiger partial charge in [-0.15, -0.1) is 0 Å². The van der Waals surface area contributed by atoms with Crippen LogP contribution in [0.15, 0.2) is 12.1 Å². The molecular formula is C14H21NO3. The van der Waals surface area contributed by atoms with E-state index in [1.165, 1.54) is 6.92 Å². The fourth-order valence-electron chi connectivity index (χ4n) is 1.69. The Morgan fingerprint density at radius 3 is 2.39 bits per heavy atom. The summed E-state index contributed by atoms with van der Waals surface area (Å²) in [7, 11) is 1.55. The van der Waals surface area contributed by atoms with Gasteiger partial charge in [-0.05, 0) is 24.5 Å². The quantitative estimate of drug-likeness (QED) is 0.508. The smallest absolute Gasteiger partial charge is 0.188 e. The minimum Gasteiger partial charge on any atom is -0.465 e. The number of nitrogens with two attached hydrogens (primary N) is 1. The van der Waals surface area contributed by atoms with Gasteiger partial charge in [-0.25, -0.2) is 0 Å². The lowest BCUT2D eigenvalue weighted by Gasteiger charge is -2.24. The number of hydrogen-bond acceptors (Lipinski definition) is 4. The summed E-state index contributed by atoms with van der Waals surface area (Å²) in [5, 5.41) is 0. The van der Waals surface area contributed by atoms with Crippen molar-refractivity contribution in [3.8, 4) is 5.75 Å². The van der Waals surface area contributed by atoms with Crippen LogP contribution in [0.25, 0.3) is 0 Å². The van der Waals surface area contributed by atoms with Crippen LogP contribution in [0.1, 0.15) is 43.6 Å². The van der Waals surface area contributed by atoms with Crippen LogP contribution in [0.5, 0.6) is 5.75 Å². The molecular weight excluding hydrogens is 230 g/mol. The first-order valence-electron chi connectivity index (χ1n) is 5.84. The number of Topliss-reactive ketones (excluding diaryl/α,β-unsaturated/α-hetero) is 1. The van der Waals surface area contributed by atoms with E-state index in [0.29, 0.717) is 17.0 Å². The van der Waals surface area contributed by atoms with Crippen LogP contribution in [0.4, 0.5) is 5.69 Å². The van der Waals surface area contributed by atoms with Gasteiger partial charge in [-0.1, -0.05) is 20.8 Å². The summed E-state index contributed by atoms with van der Waals surface area (Å²) in [6.07, 6.45) is 0. The number of nitrogen functional groups attached to an aromatic ring is 1. The highest BCUT2D eigenvalue weighted by molar-refractivity contribution is 5.95. The van der Waals surface area contributed by atoms with Gasteiger partial charge < -0.3 is 15.2 Å². The summed E-state index contributed by atoms with van der Waals surface area (Å²) < 4.78 is 10.4. The molecule has 0 aliphatic rings. The molecule has 0 aromatic heterocycles. The molecule has 1 aromatic carbocycles. The molecule has 1 aromatic rings. The predicted molar refractivity (Wildman–Crippen MR) is 72.1 cm³/mol. The van der Waals surface area contributed by atoms with Gasteiger partial charge in [0.15, 0.2) is 12.6 Å². The molecule has 0 aliphatic carbocycles. The van der Waals surface area contributed by atoms with Gasteiger partial charge in [-0.3, -0.25) is 4.79 Å². The van der Waals surface area contributed by atoms with Crippen molar-refractivity contribution < 1.29 is 14.3 Å². The summed E-state index contributed by atoms with van der Waals surface area (Å²) in [5.74, 6) is 0.583.